The number of thiazole rings is 1. The average molecular weight is 379 g/mol. The number of sulfone groups is 1. The number of fused-ring (bicyclic) bond motifs is 1. The van der Waals surface area contributed by atoms with E-state index in [-0.39, 0.29) is 42.8 Å². The highest BCUT2D eigenvalue weighted by Crippen LogP contribution is 2.33. The molecule has 1 atom stereocenters. The lowest BCUT2D eigenvalue weighted by molar-refractivity contribution is -0.135. The minimum absolute atomic E-state index is 0.000982. The zero-order valence-corrected chi connectivity index (χ0v) is 15.1. The molecule has 9 heteroatoms. The first-order valence-corrected chi connectivity index (χ1v) is 10.7. The zero-order valence-electron chi connectivity index (χ0n) is 13.4. The van der Waals surface area contributed by atoms with Crippen molar-refractivity contribution in [2.45, 2.75) is 6.42 Å². The molecule has 3 heterocycles. The van der Waals surface area contributed by atoms with E-state index in [1.807, 2.05) is 24.3 Å². The van der Waals surface area contributed by atoms with Crippen molar-refractivity contribution in [3.63, 3.8) is 0 Å². The van der Waals surface area contributed by atoms with Crippen LogP contribution in [0.1, 0.15) is 6.42 Å². The molecule has 0 saturated carbocycles. The van der Waals surface area contributed by atoms with Gasteiger partial charge in [-0.15, -0.1) is 0 Å². The number of benzene rings is 1. The topological polar surface area (TPSA) is 87.7 Å². The van der Waals surface area contributed by atoms with Crippen LogP contribution in [0.5, 0.6) is 0 Å². The minimum atomic E-state index is -3.03. The van der Waals surface area contributed by atoms with Crippen LogP contribution in [-0.2, 0) is 19.4 Å². The van der Waals surface area contributed by atoms with Gasteiger partial charge in [0.2, 0.25) is 11.8 Å². The second-order valence-electron chi connectivity index (χ2n) is 6.35. The number of carbonyl (C=O) groups is 2. The second kappa shape index (κ2) is 6.06. The lowest BCUT2D eigenvalue weighted by Crippen LogP contribution is -2.46. The molecule has 2 aliphatic heterocycles. The monoisotopic (exact) mass is 379 g/mol. The quantitative estimate of drug-likeness (QED) is 0.774. The summed E-state index contributed by atoms with van der Waals surface area (Å²) in [5.74, 6) is -0.670. The summed E-state index contributed by atoms with van der Waals surface area (Å²) < 4.78 is 24.0. The summed E-state index contributed by atoms with van der Waals surface area (Å²) in [6.45, 7) is 0.737. The summed E-state index contributed by atoms with van der Waals surface area (Å²) in [5.41, 5.74) is 0.839. The van der Waals surface area contributed by atoms with Crippen molar-refractivity contribution in [1.82, 2.24) is 9.88 Å². The van der Waals surface area contributed by atoms with Crippen LogP contribution in [0.4, 0.5) is 5.13 Å². The highest BCUT2D eigenvalue weighted by atomic mass is 32.2. The molecule has 7 nitrogen and oxygen atoms in total. The maximum atomic E-state index is 12.6. The van der Waals surface area contributed by atoms with Gasteiger partial charge in [-0.1, -0.05) is 23.5 Å². The van der Waals surface area contributed by atoms with Gasteiger partial charge in [-0.05, 0) is 12.1 Å². The van der Waals surface area contributed by atoms with Gasteiger partial charge < -0.3 is 4.90 Å². The van der Waals surface area contributed by atoms with Gasteiger partial charge in [0, 0.05) is 26.1 Å². The first kappa shape index (κ1) is 16.5. The Morgan fingerprint density at radius 3 is 2.64 bits per heavy atom. The largest absolute Gasteiger partial charge is 0.340 e. The molecule has 25 heavy (non-hydrogen) atoms. The highest BCUT2D eigenvalue weighted by molar-refractivity contribution is 7.91. The third kappa shape index (κ3) is 3.13. The Bertz CT molecular complexity index is 906. The van der Waals surface area contributed by atoms with Crippen LogP contribution in [0.15, 0.2) is 24.3 Å². The molecule has 0 radical (unpaired) electrons. The number of nitrogens with zero attached hydrogens (tertiary/aromatic N) is 3. The van der Waals surface area contributed by atoms with E-state index in [2.05, 4.69) is 4.98 Å². The molecule has 0 N–H and O–H groups in total. The SMILES string of the molecule is O=C(C1CC(=O)N(c2nc3ccccc3s2)C1)N1CCS(=O)(=O)CC1. The van der Waals surface area contributed by atoms with Crippen LogP contribution in [-0.4, -0.2) is 61.3 Å². The number of hydrogen-bond acceptors (Lipinski definition) is 6. The predicted octanol–water partition coefficient (Wildman–Crippen LogP) is 0.906. The first-order chi connectivity index (χ1) is 11.9. The van der Waals surface area contributed by atoms with E-state index in [4.69, 9.17) is 0 Å². The van der Waals surface area contributed by atoms with Crippen molar-refractivity contribution in [1.29, 1.82) is 0 Å². The van der Waals surface area contributed by atoms with E-state index < -0.39 is 15.8 Å². The average Bonchev–Trinajstić information content (AvgIpc) is 3.17. The van der Waals surface area contributed by atoms with E-state index in [1.165, 1.54) is 11.3 Å². The fourth-order valence-electron chi connectivity index (χ4n) is 3.22. The molecule has 4 rings (SSSR count). The smallest absolute Gasteiger partial charge is 0.229 e. The van der Waals surface area contributed by atoms with Crippen LogP contribution < -0.4 is 4.90 Å². The molecular weight excluding hydrogens is 362 g/mol. The molecule has 1 aromatic heterocycles. The number of hydrogen-bond donors (Lipinski definition) is 0. The molecule has 1 unspecified atom stereocenters. The fourth-order valence-corrected chi connectivity index (χ4v) is 5.42. The van der Waals surface area contributed by atoms with Gasteiger partial charge in [-0.3, -0.25) is 14.5 Å². The molecule has 2 fully saturated rings. The highest BCUT2D eigenvalue weighted by Gasteiger charge is 2.39. The summed E-state index contributed by atoms with van der Waals surface area (Å²) in [6.07, 6.45) is 0.151. The Morgan fingerprint density at radius 1 is 1.20 bits per heavy atom. The molecule has 2 saturated heterocycles. The number of anilines is 1. The van der Waals surface area contributed by atoms with Gasteiger partial charge in [-0.25, -0.2) is 13.4 Å². The molecule has 0 bridgehead atoms. The Morgan fingerprint density at radius 2 is 1.92 bits per heavy atom. The Hall–Kier alpha value is -2.00. The predicted molar refractivity (Wildman–Crippen MR) is 95.3 cm³/mol. The third-order valence-corrected chi connectivity index (χ3v) is 7.31. The molecule has 2 amide bonds. The molecule has 0 aliphatic carbocycles. The molecule has 2 aliphatic rings. The number of amides is 2. The maximum absolute atomic E-state index is 12.6. The summed E-state index contributed by atoms with van der Waals surface area (Å²) >= 11 is 1.44. The standard InChI is InChI=1S/C16H17N3O4S2/c20-14-9-11(15(21)18-5-7-25(22,23)8-6-18)10-19(14)16-17-12-3-1-2-4-13(12)24-16/h1-4,11H,5-10H2. The number of para-hydroxylation sites is 1. The molecule has 132 valence electrons. The van der Waals surface area contributed by atoms with E-state index in [9.17, 15) is 18.0 Å². The van der Waals surface area contributed by atoms with Gasteiger partial charge in [0.15, 0.2) is 15.0 Å². The van der Waals surface area contributed by atoms with Crippen LogP contribution in [0.2, 0.25) is 0 Å². The number of aromatic nitrogens is 1. The lowest BCUT2D eigenvalue weighted by Gasteiger charge is -2.28. The number of carbonyl (C=O) groups excluding carboxylic acids is 2. The Balaban J connectivity index is 1.49. The normalized spacial score (nSPS) is 23.4. The van der Waals surface area contributed by atoms with Crippen molar-refractivity contribution in [2.24, 2.45) is 5.92 Å². The van der Waals surface area contributed by atoms with E-state index in [0.29, 0.717) is 11.7 Å². The summed E-state index contributed by atoms with van der Waals surface area (Å²) in [6, 6.07) is 7.67. The first-order valence-electron chi connectivity index (χ1n) is 8.08. The van der Waals surface area contributed by atoms with Crippen LogP contribution in [0, 0.1) is 5.92 Å². The molecule has 2 aromatic rings. The van der Waals surface area contributed by atoms with E-state index in [0.717, 1.165) is 10.2 Å². The lowest BCUT2D eigenvalue weighted by atomic mass is 10.1. The van der Waals surface area contributed by atoms with Crippen LogP contribution in [0.3, 0.4) is 0 Å². The fraction of sp³-hybridized carbons (Fsp3) is 0.438. The van der Waals surface area contributed by atoms with Gasteiger partial charge in [0.05, 0.1) is 27.6 Å². The number of rotatable bonds is 2. The van der Waals surface area contributed by atoms with Crippen molar-refractivity contribution in [2.75, 3.05) is 36.0 Å². The third-order valence-electron chi connectivity index (χ3n) is 4.64. The van der Waals surface area contributed by atoms with Gasteiger partial charge >= 0.3 is 0 Å². The molecule has 0 spiro atoms. The van der Waals surface area contributed by atoms with E-state index >= 15 is 0 Å². The van der Waals surface area contributed by atoms with E-state index in [1.54, 1.807) is 9.80 Å². The Labute approximate surface area is 149 Å². The zero-order chi connectivity index (χ0) is 17.6. The van der Waals surface area contributed by atoms with Gasteiger partial charge in [0.1, 0.15) is 0 Å². The summed E-state index contributed by atoms with van der Waals surface area (Å²) in [4.78, 5) is 32.7. The summed E-state index contributed by atoms with van der Waals surface area (Å²) in [5, 5.41) is 0.614. The molecule has 1 aromatic carbocycles. The van der Waals surface area contributed by atoms with Gasteiger partial charge in [0.25, 0.3) is 0 Å². The van der Waals surface area contributed by atoms with Crippen molar-refractivity contribution in [3.05, 3.63) is 24.3 Å². The van der Waals surface area contributed by atoms with Crippen molar-refractivity contribution < 1.29 is 18.0 Å². The Kier molecular flexibility index (Phi) is 3.99. The second-order valence-corrected chi connectivity index (χ2v) is 9.66. The van der Waals surface area contributed by atoms with Crippen LogP contribution in [0.25, 0.3) is 10.2 Å². The minimum Gasteiger partial charge on any atom is -0.340 e. The molecular formula is C16H17N3O4S2. The van der Waals surface area contributed by atoms with Gasteiger partial charge in [-0.2, -0.15) is 0 Å². The summed E-state index contributed by atoms with van der Waals surface area (Å²) in [7, 11) is -3.03. The maximum Gasteiger partial charge on any atom is 0.229 e. The van der Waals surface area contributed by atoms with Crippen molar-refractivity contribution >= 4 is 48.3 Å². The van der Waals surface area contributed by atoms with Crippen LogP contribution >= 0.6 is 11.3 Å². The van der Waals surface area contributed by atoms with Crippen molar-refractivity contribution in [3.8, 4) is 0 Å².